The van der Waals surface area contributed by atoms with E-state index >= 15 is 0 Å². The highest BCUT2D eigenvalue weighted by Gasteiger charge is 2.26. The largest absolute Gasteiger partial charge is 0.497 e. The van der Waals surface area contributed by atoms with Gasteiger partial charge in [0.2, 0.25) is 0 Å². The Kier molecular flexibility index (Phi) is 6.77. The van der Waals surface area contributed by atoms with Crippen LogP contribution in [0.25, 0.3) is 0 Å². The van der Waals surface area contributed by atoms with Crippen molar-refractivity contribution < 1.29 is 19.1 Å². The lowest BCUT2D eigenvalue weighted by molar-refractivity contribution is -0.149. The molecule has 0 aliphatic rings. The zero-order valence-electron chi connectivity index (χ0n) is 12.3. The van der Waals surface area contributed by atoms with E-state index in [0.29, 0.717) is 12.2 Å². The molecule has 0 radical (unpaired) electrons. The summed E-state index contributed by atoms with van der Waals surface area (Å²) in [7, 11) is 2.90. The number of Topliss-reactive ketones (excluding diaryl/α,β-unsaturated/α-hetero) is 1. The maximum Gasteiger partial charge on any atom is 0.316 e. The minimum atomic E-state index is -0.661. The van der Waals surface area contributed by atoms with Crippen molar-refractivity contribution in [3.8, 4) is 5.75 Å². The highest BCUT2D eigenvalue weighted by molar-refractivity contribution is 5.99. The van der Waals surface area contributed by atoms with Gasteiger partial charge in [-0.15, -0.1) is 0 Å². The van der Waals surface area contributed by atoms with Gasteiger partial charge in [0.1, 0.15) is 11.7 Å². The minimum Gasteiger partial charge on any atom is -0.497 e. The van der Waals surface area contributed by atoms with Crippen molar-refractivity contribution in [3.63, 3.8) is 0 Å². The van der Waals surface area contributed by atoms with Crippen molar-refractivity contribution in [2.24, 2.45) is 5.92 Å². The number of hydrogen-bond donors (Lipinski definition) is 0. The molecule has 4 heteroatoms. The Balaban J connectivity index is 2.76. The third-order valence-corrected chi connectivity index (χ3v) is 3.23. The number of ether oxygens (including phenoxy) is 2. The van der Waals surface area contributed by atoms with Crippen molar-refractivity contribution in [1.29, 1.82) is 0 Å². The molecule has 110 valence electrons. The smallest absolute Gasteiger partial charge is 0.316 e. The first kappa shape index (κ1) is 16.2. The fourth-order valence-corrected chi connectivity index (χ4v) is 2.07. The van der Waals surface area contributed by atoms with Crippen molar-refractivity contribution in [2.45, 2.75) is 32.6 Å². The average Bonchev–Trinajstić information content (AvgIpc) is 2.47. The Morgan fingerprint density at radius 1 is 1.25 bits per heavy atom. The first-order valence-electron chi connectivity index (χ1n) is 6.85. The van der Waals surface area contributed by atoms with E-state index in [2.05, 4.69) is 0 Å². The van der Waals surface area contributed by atoms with Crippen LogP contribution in [0.2, 0.25) is 0 Å². The molecule has 20 heavy (non-hydrogen) atoms. The molecule has 0 N–H and O–H groups in total. The van der Waals surface area contributed by atoms with Crippen LogP contribution < -0.4 is 4.74 Å². The lowest BCUT2D eigenvalue weighted by Gasteiger charge is -2.13. The van der Waals surface area contributed by atoms with Gasteiger partial charge in [-0.2, -0.15) is 0 Å². The molecule has 1 aromatic rings. The van der Waals surface area contributed by atoms with Gasteiger partial charge in [0.15, 0.2) is 5.78 Å². The molecule has 0 spiro atoms. The molecule has 0 aliphatic carbocycles. The summed E-state index contributed by atoms with van der Waals surface area (Å²) < 4.78 is 9.86. The summed E-state index contributed by atoms with van der Waals surface area (Å²) in [5.41, 5.74) is 0.847. The van der Waals surface area contributed by atoms with Gasteiger partial charge >= 0.3 is 5.97 Å². The summed E-state index contributed by atoms with van der Waals surface area (Å²) in [6.45, 7) is 2.03. The fraction of sp³-hybridized carbons (Fsp3) is 0.500. The van der Waals surface area contributed by atoms with E-state index in [1.165, 1.54) is 7.11 Å². The van der Waals surface area contributed by atoms with E-state index in [1.54, 1.807) is 7.11 Å². The van der Waals surface area contributed by atoms with Crippen LogP contribution in [0.15, 0.2) is 24.3 Å². The highest BCUT2D eigenvalue weighted by atomic mass is 16.5. The molecule has 0 aromatic heterocycles. The maximum atomic E-state index is 12.3. The fourth-order valence-electron chi connectivity index (χ4n) is 2.07. The Morgan fingerprint density at radius 3 is 2.60 bits per heavy atom. The Labute approximate surface area is 120 Å². The van der Waals surface area contributed by atoms with Crippen molar-refractivity contribution in [2.75, 3.05) is 14.2 Å². The molecule has 4 nitrogen and oxygen atoms in total. The van der Waals surface area contributed by atoms with Crippen LogP contribution in [-0.2, 0) is 20.7 Å². The molecule has 0 aliphatic heterocycles. The average molecular weight is 278 g/mol. The molecular formula is C16H22O4. The predicted molar refractivity (Wildman–Crippen MR) is 76.7 cm³/mol. The molecule has 1 unspecified atom stereocenters. The number of carbonyl (C=O) groups excluding carboxylic acids is 2. The molecule has 0 saturated heterocycles. The number of hydrogen-bond acceptors (Lipinski definition) is 4. The van der Waals surface area contributed by atoms with Crippen LogP contribution in [0, 0.1) is 5.92 Å². The quantitative estimate of drug-likeness (QED) is 0.542. The van der Waals surface area contributed by atoms with E-state index < -0.39 is 11.9 Å². The topological polar surface area (TPSA) is 52.6 Å². The number of rotatable bonds is 8. The molecule has 1 rings (SSSR count). The van der Waals surface area contributed by atoms with Crippen molar-refractivity contribution in [1.82, 2.24) is 0 Å². The first-order chi connectivity index (χ1) is 9.62. The van der Waals surface area contributed by atoms with Crippen LogP contribution in [0.4, 0.5) is 0 Å². The lowest BCUT2D eigenvalue weighted by atomic mass is 9.93. The van der Waals surface area contributed by atoms with Gasteiger partial charge in [0, 0.05) is 6.42 Å². The summed E-state index contributed by atoms with van der Waals surface area (Å²) in [6, 6.07) is 7.32. The molecule has 0 saturated carbocycles. The molecule has 0 fully saturated rings. The third kappa shape index (κ3) is 4.68. The summed E-state index contributed by atoms with van der Waals surface area (Å²) in [6.07, 6.45) is 2.55. The predicted octanol–water partition coefficient (Wildman–Crippen LogP) is 2.79. The molecular weight excluding hydrogens is 256 g/mol. The van der Waals surface area contributed by atoms with Gasteiger partial charge in [-0.05, 0) is 24.1 Å². The van der Waals surface area contributed by atoms with E-state index in [9.17, 15) is 9.59 Å². The monoisotopic (exact) mass is 278 g/mol. The maximum absolute atomic E-state index is 12.3. The number of unbranched alkanes of at least 4 members (excludes halogenated alkanes) is 1. The van der Waals surface area contributed by atoms with Crippen LogP contribution >= 0.6 is 0 Å². The van der Waals surface area contributed by atoms with Crippen molar-refractivity contribution >= 4 is 11.8 Å². The second-order valence-corrected chi connectivity index (χ2v) is 4.71. The second kappa shape index (κ2) is 8.35. The van der Waals surface area contributed by atoms with Gasteiger partial charge in [-0.3, -0.25) is 9.59 Å². The van der Waals surface area contributed by atoms with Gasteiger partial charge in [-0.1, -0.05) is 31.9 Å². The van der Waals surface area contributed by atoms with E-state index in [4.69, 9.17) is 9.47 Å². The molecule has 1 atom stereocenters. The minimum absolute atomic E-state index is 0.0986. The van der Waals surface area contributed by atoms with E-state index in [0.717, 1.165) is 18.4 Å². The normalized spacial score (nSPS) is 11.8. The summed E-state index contributed by atoms with van der Waals surface area (Å²) in [4.78, 5) is 24.0. The molecule has 0 heterocycles. The Morgan fingerprint density at radius 2 is 2.00 bits per heavy atom. The van der Waals surface area contributed by atoms with Crippen LogP contribution in [0.3, 0.4) is 0 Å². The van der Waals surface area contributed by atoms with E-state index in [-0.39, 0.29) is 12.2 Å². The third-order valence-electron chi connectivity index (χ3n) is 3.23. The number of ketones is 1. The molecule has 1 aromatic carbocycles. The zero-order valence-corrected chi connectivity index (χ0v) is 12.3. The van der Waals surface area contributed by atoms with Crippen LogP contribution in [-0.4, -0.2) is 26.0 Å². The Bertz CT molecular complexity index is 454. The van der Waals surface area contributed by atoms with Crippen molar-refractivity contribution in [3.05, 3.63) is 29.8 Å². The van der Waals surface area contributed by atoms with Crippen LogP contribution in [0.1, 0.15) is 31.7 Å². The second-order valence-electron chi connectivity index (χ2n) is 4.71. The molecule has 0 bridgehead atoms. The SMILES string of the molecule is CCCCC(C(=O)Cc1cccc(OC)c1)C(=O)OC. The number of esters is 1. The van der Waals surface area contributed by atoms with Gasteiger partial charge in [-0.25, -0.2) is 0 Å². The number of carbonyl (C=O) groups is 2. The van der Waals surface area contributed by atoms with Gasteiger partial charge in [0.05, 0.1) is 14.2 Å². The summed E-state index contributed by atoms with van der Waals surface area (Å²) in [5.74, 6) is -0.491. The van der Waals surface area contributed by atoms with Crippen LogP contribution in [0.5, 0.6) is 5.75 Å². The summed E-state index contributed by atoms with van der Waals surface area (Å²) in [5, 5.41) is 0. The zero-order chi connectivity index (χ0) is 15.0. The molecule has 0 amide bonds. The lowest BCUT2D eigenvalue weighted by Crippen LogP contribution is -2.26. The standard InChI is InChI=1S/C16H22O4/c1-4-5-9-14(16(18)20-3)15(17)11-12-7-6-8-13(10-12)19-2/h6-8,10,14H,4-5,9,11H2,1-3H3. The number of benzene rings is 1. The summed E-state index contributed by atoms with van der Waals surface area (Å²) >= 11 is 0. The Hall–Kier alpha value is -1.84. The van der Waals surface area contributed by atoms with E-state index in [1.807, 2.05) is 31.2 Å². The van der Waals surface area contributed by atoms with Gasteiger partial charge in [0.25, 0.3) is 0 Å². The van der Waals surface area contributed by atoms with Gasteiger partial charge < -0.3 is 9.47 Å². The number of methoxy groups -OCH3 is 2. The first-order valence-corrected chi connectivity index (χ1v) is 6.85. The highest BCUT2D eigenvalue weighted by Crippen LogP contribution is 2.18.